The number of Topliss-reactive ketones (excluding diaryl/α,β-unsaturated/α-hetero) is 1. The minimum atomic E-state index is -0.588. The summed E-state index contributed by atoms with van der Waals surface area (Å²) in [5.41, 5.74) is 6.59. The van der Waals surface area contributed by atoms with Crippen LogP contribution < -0.4 is 5.43 Å². The zero-order chi connectivity index (χ0) is 23.7. The molecule has 0 amide bonds. The SMILES string of the molecule is CCc1ccc(C(=O)[C@H]2Sc3nnc(-c4ccccc4)n3N[C@@H]2c2cccc([N+](=O)[O-])c2)cc1. The van der Waals surface area contributed by atoms with Gasteiger partial charge in [0, 0.05) is 23.3 Å². The van der Waals surface area contributed by atoms with Crippen LogP contribution in [0.5, 0.6) is 0 Å². The number of fused-ring (bicyclic) bond motifs is 1. The number of nitrogens with zero attached hydrogens (tertiary/aromatic N) is 4. The molecule has 0 unspecified atom stereocenters. The molecule has 0 spiro atoms. The third-order valence-electron chi connectivity index (χ3n) is 5.81. The van der Waals surface area contributed by atoms with E-state index in [1.807, 2.05) is 54.6 Å². The molecule has 8 nitrogen and oxygen atoms in total. The molecule has 9 heteroatoms. The summed E-state index contributed by atoms with van der Waals surface area (Å²) in [7, 11) is 0. The maximum Gasteiger partial charge on any atom is 0.269 e. The van der Waals surface area contributed by atoms with Gasteiger partial charge in [0.15, 0.2) is 11.6 Å². The molecule has 0 saturated carbocycles. The lowest BCUT2D eigenvalue weighted by Crippen LogP contribution is -2.39. The van der Waals surface area contributed by atoms with Gasteiger partial charge in [0.1, 0.15) is 5.25 Å². The zero-order valence-corrected chi connectivity index (χ0v) is 19.1. The molecular formula is C25H21N5O3S. The van der Waals surface area contributed by atoms with E-state index >= 15 is 0 Å². The molecule has 170 valence electrons. The fourth-order valence-corrected chi connectivity index (χ4v) is 5.14. The summed E-state index contributed by atoms with van der Waals surface area (Å²) < 4.78 is 1.76. The second kappa shape index (κ2) is 9.11. The first-order chi connectivity index (χ1) is 16.5. The number of nitrogens with one attached hydrogen (secondary N) is 1. The smallest absolute Gasteiger partial charge is 0.269 e. The maximum absolute atomic E-state index is 13.6. The maximum atomic E-state index is 13.6. The van der Waals surface area contributed by atoms with Gasteiger partial charge in [-0.15, -0.1) is 10.2 Å². The van der Waals surface area contributed by atoms with Gasteiger partial charge in [-0.05, 0) is 17.5 Å². The standard InChI is InChI=1S/C25H21N5O3S/c1-2-16-11-13-17(14-12-16)22(31)23-21(19-9-6-10-20(15-19)30(32)33)28-29-24(26-27-25(29)34-23)18-7-4-3-5-8-18/h3-15,21,23,28H,2H2,1H3/t21-,23+/m1/s1. The first-order valence-electron chi connectivity index (χ1n) is 10.9. The zero-order valence-electron chi connectivity index (χ0n) is 18.3. The first kappa shape index (κ1) is 21.8. The van der Waals surface area contributed by atoms with Crippen molar-refractivity contribution in [3.8, 4) is 11.4 Å². The van der Waals surface area contributed by atoms with Gasteiger partial charge in [-0.2, -0.15) is 0 Å². The second-order valence-electron chi connectivity index (χ2n) is 7.92. The van der Waals surface area contributed by atoms with Crippen LogP contribution in [0.4, 0.5) is 5.69 Å². The largest absolute Gasteiger partial charge is 0.313 e. The average Bonchev–Trinajstić information content (AvgIpc) is 3.31. The minimum absolute atomic E-state index is 0.0272. The Morgan fingerprint density at radius 2 is 1.82 bits per heavy atom. The number of hydrogen-bond donors (Lipinski definition) is 1. The summed E-state index contributed by atoms with van der Waals surface area (Å²) in [4.78, 5) is 24.6. The van der Waals surface area contributed by atoms with Gasteiger partial charge in [0.2, 0.25) is 5.16 Å². The normalized spacial score (nSPS) is 17.0. The van der Waals surface area contributed by atoms with Gasteiger partial charge in [0.05, 0.1) is 11.0 Å². The molecule has 2 atom stereocenters. The molecule has 3 aromatic carbocycles. The fraction of sp³-hybridized carbons (Fsp3) is 0.160. The molecule has 0 bridgehead atoms. The lowest BCUT2D eigenvalue weighted by atomic mass is 9.96. The Labute approximate surface area is 200 Å². The van der Waals surface area contributed by atoms with E-state index in [9.17, 15) is 14.9 Å². The molecular weight excluding hydrogens is 450 g/mol. The Bertz CT molecular complexity index is 1350. The van der Waals surface area contributed by atoms with Crippen molar-refractivity contribution < 1.29 is 9.72 Å². The number of aromatic nitrogens is 3. The average molecular weight is 472 g/mol. The Kier molecular flexibility index (Phi) is 5.85. The third kappa shape index (κ3) is 4.06. The molecule has 0 saturated heterocycles. The number of nitro groups is 1. The van der Waals surface area contributed by atoms with Crippen molar-refractivity contribution in [2.45, 2.75) is 29.8 Å². The molecule has 1 N–H and O–H groups in total. The summed E-state index contributed by atoms with van der Waals surface area (Å²) in [6.45, 7) is 2.06. The molecule has 4 aromatic rings. The predicted octanol–water partition coefficient (Wildman–Crippen LogP) is 5.06. The van der Waals surface area contributed by atoms with Crippen LogP contribution in [0.2, 0.25) is 0 Å². The number of rotatable bonds is 6. The highest BCUT2D eigenvalue weighted by atomic mass is 32.2. The minimum Gasteiger partial charge on any atom is -0.313 e. The molecule has 5 rings (SSSR count). The molecule has 0 aliphatic carbocycles. The number of nitro benzene ring substituents is 1. The number of carbonyl (C=O) groups excluding carboxylic acids is 1. The molecule has 2 heterocycles. The highest BCUT2D eigenvalue weighted by Gasteiger charge is 2.38. The van der Waals surface area contributed by atoms with Crippen LogP contribution in [-0.2, 0) is 6.42 Å². The fourth-order valence-electron chi connectivity index (χ4n) is 3.98. The molecule has 0 fully saturated rings. The van der Waals surface area contributed by atoms with E-state index in [2.05, 4.69) is 22.5 Å². The van der Waals surface area contributed by atoms with Gasteiger partial charge in [0.25, 0.3) is 5.69 Å². The second-order valence-corrected chi connectivity index (χ2v) is 9.03. The van der Waals surface area contributed by atoms with Gasteiger partial charge in [-0.1, -0.05) is 85.4 Å². The van der Waals surface area contributed by atoms with Gasteiger partial charge < -0.3 is 5.43 Å². The van der Waals surface area contributed by atoms with Crippen molar-refractivity contribution in [1.29, 1.82) is 0 Å². The Morgan fingerprint density at radius 3 is 2.53 bits per heavy atom. The molecule has 1 aliphatic rings. The number of thioether (sulfide) groups is 1. The quantitative estimate of drug-likeness (QED) is 0.238. The van der Waals surface area contributed by atoms with E-state index in [0.717, 1.165) is 17.5 Å². The van der Waals surface area contributed by atoms with Crippen molar-refractivity contribution in [1.82, 2.24) is 14.9 Å². The van der Waals surface area contributed by atoms with Gasteiger partial charge >= 0.3 is 0 Å². The van der Waals surface area contributed by atoms with Crippen LogP contribution in [0.1, 0.15) is 34.5 Å². The topological polar surface area (TPSA) is 103 Å². The van der Waals surface area contributed by atoms with E-state index in [1.165, 1.54) is 23.9 Å². The van der Waals surface area contributed by atoms with Crippen LogP contribution >= 0.6 is 11.8 Å². The monoisotopic (exact) mass is 471 g/mol. The van der Waals surface area contributed by atoms with E-state index in [1.54, 1.807) is 16.8 Å². The van der Waals surface area contributed by atoms with E-state index in [0.29, 0.717) is 22.1 Å². The third-order valence-corrected chi connectivity index (χ3v) is 7.03. The Balaban J connectivity index is 1.58. The van der Waals surface area contributed by atoms with Gasteiger partial charge in [-0.25, -0.2) is 4.68 Å². The Hall–Kier alpha value is -3.98. The summed E-state index contributed by atoms with van der Waals surface area (Å²) in [5.74, 6) is 0.531. The lowest BCUT2D eigenvalue weighted by Gasteiger charge is -2.33. The number of carbonyl (C=O) groups is 1. The van der Waals surface area contributed by atoms with E-state index in [4.69, 9.17) is 0 Å². The van der Waals surface area contributed by atoms with Crippen molar-refractivity contribution in [2.24, 2.45) is 0 Å². The van der Waals surface area contributed by atoms with Crippen molar-refractivity contribution in [2.75, 3.05) is 5.43 Å². The summed E-state index contributed by atoms with van der Waals surface area (Å²) in [6, 6.07) is 23.0. The molecule has 1 aromatic heterocycles. The Morgan fingerprint density at radius 1 is 1.06 bits per heavy atom. The number of benzene rings is 3. The van der Waals surface area contributed by atoms with Crippen molar-refractivity contribution >= 4 is 23.2 Å². The highest BCUT2D eigenvalue weighted by Crippen LogP contribution is 2.40. The number of hydrogen-bond acceptors (Lipinski definition) is 7. The van der Waals surface area contributed by atoms with Crippen molar-refractivity contribution in [3.05, 3.63) is 106 Å². The number of aryl methyl sites for hydroxylation is 1. The van der Waals surface area contributed by atoms with E-state index in [-0.39, 0.29) is 11.5 Å². The van der Waals surface area contributed by atoms with Crippen LogP contribution in [-0.4, -0.2) is 30.8 Å². The lowest BCUT2D eigenvalue weighted by molar-refractivity contribution is -0.384. The summed E-state index contributed by atoms with van der Waals surface area (Å²) in [5, 5.41) is 20.0. The highest BCUT2D eigenvalue weighted by molar-refractivity contribution is 8.00. The van der Waals surface area contributed by atoms with Crippen molar-refractivity contribution in [3.63, 3.8) is 0 Å². The molecule has 0 radical (unpaired) electrons. The van der Waals surface area contributed by atoms with Crippen LogP contribution in [0.15, 0.2) is 84.0 Å². The van der Waals surface area contributed by atoms with Crippen LogP contribution in [0.25, 0.3) is 11.4 Å². The number of ketones is 1. The number of non-ortho nitro benzene ring substituents is 1. The van der Waals surface area contributed by atoms with Crippen LogP contribution in [0.3, 0.4) is 0 Å². The molecule has 34 heavy (non-hydrogen) atoms. The predicted molar refractivity (Wildman–Crippen MR) is 130 cm³/mol. The summed E-state index contributed by atoms with van der Waals surface area (Å²) >= 11 is 1.31. The first-order valence-corrected chi connectivity index (χ1v) is 11.7. The van der Waals surface area contributed by atoms with Crippen LogP contribution in [0, 0.1) is 10.1 Å². The van der Waals surface area contributed by atoms with Gasteiger partial charge in [-0.3, -0.25) is 14.9 Å². The van der Waals surface area contributed by atoms with E-state index < -0.39 is 16.2 Å². The summed E-state index contributed by atoms with van der Waals surface area (Å²) in [6.07, 6.45) is 0.885. The molecule has 1 aliphatic heterocycles.